The Morgan fingerprint density at radius 2 is 1.67 bits per heavy atom. The molecule has 0 radical (unpaired) electrons. The van der Waals surface area contributed by atoms with E-state index in [-0.39, 0.29) is 0 Å². The highest BCUT2D eigenvalue weighted by Crippen LogP contribution is 2.23. The van der Waals surface area contributed by atoms with Crippen LogP contribution in [0, 0.1) is 0 Å². The smallest absolute Gasteiger partial charge is 0.159 e. The minimum Gasteiger partial charge on any atom is -0.293 e. The first kappa shape index (κ1) is 18.9. The van der Waals surface area contributed by atoms with Crippen molar-refractivity contribution in [2.24, 2.45) is 0 Å². The second kappa shape index (κ2) is 8.34. The standard InChI is InChI=1S/C25H21ClN4/c26-21-11-9-18(10-12-21)23-8-4-7-22(28-23)17-30-14-13-24-20(16-30)15-27-25(29-24)19-5-2-1-3-6-19/h1-12,15H,13-14,16-17H2. The largest absolute Gasteiger partial charge is 0.293 e. The maximum absolute atomic E-state index is 6.01. The van der Waals surface area contributed by atoms with Crippen molar-refractivity contribution in [1.82, 2.24) is 19.9 Å². The third-order valence-electron chi connectivity index (χ3n) is 5.38. The van der Waals surface area contributed by atoms with E-state index >= 15 is 0 Å². The van der Waals surface area contributed by atoms with Crippen LogP contribution in [-0.2, 0) is 19.5 Å². The zero-order chi connectivity index (χ0) is 20.3. The van der Waals surface area contributed by atoms with Crippen molar-refractivity contribution in [3.63, 3.8) is 0 Å². The van der Waals surface area contributed by atoms with Gasteiger partial charge in [-0.2, -0.15) is 0 Å². The average molecular weight is 413 g/mol. The van der Waals surface area contributed by atoms with Gasteiger partial charge >= 0.3 is 0 Å². The molecule has 0 spiro atoms. The molecule has 0 saturated heterocycles. The van der Waals surface area contributed by atoms with Gasteiger partial charge in [0.2, 0.25) is 0 Å². The van der Waals surface area contributed by atoms with Gasteiger partial charge in [-0.3, -0.25) is 9.88 Å². The molecule has 0 saturated carbocycles. The van der Waals surface area contributed by atoms with E-state index in [1.165, 1.54) is 5.56 Å². The molecule has 5 heteroatoms. The predicted octanol–water partition coefficient (Wildman–Crippen LogP) is 5.42. The maximum atomic E-state index is 6.01. The first-order valence-corrected chi connectivity index (χ1v) is 10.5. The lowest BCUT2D eigenvalue weighted by Gasteiger charge is -2.27. The Bertz CT molecular complexity index is 1160. The van der Waals surface area contributed by atoms with Crippen LogP contribution in [0.25, 0.3) is 22.6 Å². The molecule has 0 N–H and O–H groups in total. The van der Waals surface area contributed by atoms with Crippen LogP contribution in [0.1, 0.15) is 17.0 Å². The molecule has 1 aliphatic rings. The first-order valence-electron chi connectivity index (χ1n) is 10.1. The molecule has 0 aliphatic carbocycles. The summed E-state index contributed by atoms with van der Waals surface area (Å²) >= 11 is 6.01. The molecule has 2 aromatic heterocycles. The number of nitrogens with zero attached hydrogens (tertiary/aromatic N) is 4. The Morgan fingerprint density at radius 3 is 2.50 bits per heavy atom. The van der Waals surface area contributed by atoms with Crippen LogP contribution < -0.4 is 0 Å². The third kappa shape index (κ3) is 4.11. The molecule has 2 aromatic carbocycles. The van der Waals surface area contributed by atoms with Gasteiger partial charge in [-0.05, 0) is 24.3 Å². The molecule has 5 rings (SSSR count). The summed E-state index contributed by atoms with van der Waals surface area (Å²) in [6.45, 7) is 2.61. The number of benzene rings is 2. The molecule has 1 aliphatic heterocycles. The van der Waals surface area contributed by atoms with Crippen LogP contribution in [0.4, 0.5) is 0 Å². The van der Waals surface area contributed by atoms with E-state index in [9.17, 15) is 0 Å². The van der Waals surface area contributed by atoms with Crippen LogP contribution in [-0.4, -0.2) is 26.4 Å². The highest BCUT2D eigenvalue weighted by atomic mass is 35.5. The molecule has 0 unspecified atom stereocenters. The SMILES string of the molecule is Clc1ccc(-c2cccc(CN3CCc4nc(-c5ccccc5)ncc4C3)n2)cc1. The normalized spacial score (nSPS) is 13.8. The lowest BCUT2D eigenvalue weighted by molar-refractivity contribution is 0.240. The highest BCUT2D eigenvalue weighted by molar-refractivity contribution is 6.30. The van der Waals surface area contributed by atoms with Crippen LogP contribution >= 0.6 is 11.6 Å². The summed E-state index contributed by atoms with van der Waals surface area (Å²) in [6.07, 6.45) is 2.91. The molecule has 3 heterocycles. The fraction of sp³-hybridized carbons (Fsp3) is 0.160. The molecule has 4 nitrogen and oxygen atoms in total. The average Bonchev–Trinajstić information content (AvgIpc) is 2.80. The number of aromatic nitrogens is 3. The molecule has 0 atom stereocenters. The van der Waals surface area contributed by atoms with E-state index in [0.29, 0.717) is 0 Å². The van der Waals surface area contributed by atoms with Crippen LogP contribution in [0.2, 0.25) is 5.02 Å². The van der Waals surface area contributed by atoms with Gasteiger partial charge in [0.05, 0.1) is 17.1 Å². The van der Waals surface area contributed by atoms with E-state index in [0.717, 1.165) is 65.1 Å². The molecular formula is C25H21ClN4. The summed E-state index contributed by atoms with van der Waals surface area (Å²) in [6, 6.07) is 24.2. The molecule has 148 valence electrons. The zero-order valence-corrected chi connectivity index (χ0v) is 17.3. The zero-order valence-electron chi connectivity index (χ0n) is 16.5. The second-order valence-corrected chi connectivity index (χ2v) is 7.95. The molecule has 0 amide bonds. The Labute approximate surface area is 181 Å². The topological polar surface area (TPSA) is 41.9 Å². The van der Waals surface area contributed by atoms with Crippen molar-refractivity contribution in [1.29, 1.82) is 0 Å². The Hall–Kier alpha value is -3.08. The van der Waals surface area contributed by atoms with Gasteiger partial charge in [0.25, 0.3) is 0 Å². The van der Waals surface area contributed by atoms with Gasteiger partial charge in [0.15, 0.2) is 5.82 Å². The monoisotopic (exact) mass is 412 g/mol. The van der Waals surface area contributed by atoms with Gasteiger partial charge in [-0.15, -0.1) is 0 Å². The number of pyridine rings is 1. The summed E-state index contributed by atoms with van der Waals surface area (Å²) in [4.78, 5) is 16.7. The van der Waals surface area contributed by atoms with Crippen LogP contribution in [0.3, 0.4) is 0 Å². The summed E-state index contributed by atoms with van der Waals surface area (Å²) in [5, 5.41) is 0.736. The highest BCUT2D eigenvalue weighted by Gasteiger charge is 2.19. The van der Waals surface area contributed by atoms with Gasteiger partial charge in [-0.1, -0.05) is 60.1 Å². The summed E-state index contributed by atoms with van der Waals surface area (Å²) in [5.74, 6) is 0.806. The molecule has 30 heavy (non-hydrogen) atoms. The van der Waals surface area contributed by atoms with E-state index in [2.05, 4.69) is 34.1 Å². The third-order valence-corrected chi connectivity index (χ3v) is 5.63. The van der Waals surface area contributed by atoms with Crippen molar-refractivity contribution in [2.45, 2.75) is 19.5 Å². The van der Waals surface area contributed by atoms with Crippen molar-refractivity contribution in [3.05, 3.63) is 101 Å². The van der Waals surface area contributed by atoms with E-state index in [1.54, 1.807) is 0 Å². The lowest BCUT2D eigenvalue weighted by atomic mass is 10.1. The number of hydrogen-bond donors (Lipinski definition) is 0. The second-order valence-electron chi connectivity index (χ2n) is 7.51. The lowest BCUT2D eigenvalue weighted by Crippen LogP contribution is -2.31. The Balaban J connectivity index is 1.31. The molecular weight excluding hydrogens is 392 g/mol. The maximum Gasteiger partial charge on any atom is 0.159 e. The van der Waals surface area contributed by atoms with Crippen molar-refractivity contribution in [3.8, 4) is 22.6 Å². The van der Waals surface area contributed by atoms with Gasteiger partial charge < -0.3 is 0 Å². The summed E-state index contributed by atoms with van der Waals surface area (Å²) in [5.41, 5.74) is 6.53. The Morgan fingerprint density at radius 1 is 0.833 bits per heavy atom. The summed E-state index contributed by atoms with van der Waals surface area (Å²) in [7, 11) is 0. The van der Waals surface area contributed by atoms with Crippen LogP contribution in [0.15, 0.2) is 79.0 Å². The van der Waals surface area contributed by atoms with Gasteiger partial charge in [-0.25, -0.2) is 9.97 Å². The van der Waals surface area contributed by atoms with Crippen LogP contribution in [0.5, 0.6) is 0 Å². The number of fused-ring (bicyclic) bond motifs is 1. The fourth-order valence-corrected chi connectivity index (χ4v) is 3.94. The Kier molecular flexibility index (Phi) is 5.26. The minimum atomic E-state index is 0.736. The quantitative estimate of drug-likeness (QED) is 0.449. The number of hydrogen-bond acceptors (Lipinski definition) is 4. The number of halogens is 1. The van der Waals surface area contributed by atoms with E-state index in [1.807, 2.05) is 54.7 Å². The predicted molar refractivity (Wildman–Crippen MR) is 120 cm³/mol. The summed E-state index contributed by atoms with van der Waals surface area (Å²) < 4.78 is 0. The molecule has 0 fully saturated rings. The minimum absolute atomic E-state index is 0.736. The van der Waals surface area contributed by atoms with Gasteiger partial charge in [0.1, 0.15) is 0 Å². The molecule has 4 aromatic rings. The van der Waals surface area contributed by atoms with Crippen molar-refractivity contribution >= 4 is 11.6 Å². The molecule has 0 bridgehead atoms. The fourth-order valence-electron chi connectivity index (χ4n) is 3.81. The van der Waals surface area contributed by atoms with E-state index < -0.39 is 0 Å². The van der Waals surface area contributed by atoms with E-state index in [4.69, 9.17) is 21.6 Å². The van der Waals surface area contributed by atoms with Gasteiger partial charge in [0, 0.05) is 54.0 Å². The first-order chi connectivity index (χ1) is 14.7. The number of rotatable bonds is 4. The van der Waals surface area contributed by atoms with Crippen molar-refractivity contribution in [2.75, 3.05) is 6.54 Å². The van der Waals surface area contributed by atoms with Crippen molar-refractivity contribution < 1.29 is 0 Å².